The number of nitrogens with zero attached hydrogens (tertiary/aromatic N) is 1. The molecule has 2 aromatic carbocycles. The summed E-state index contributed by atoms with van der Waals surface area (Å²) in [6.07, 6.45) is 0. The summed E-state index contributed by atoms with van der Waals surface area (Å²) in [5, 5.41) is 6.80. The molecule has 2 N–H and O–H groups in total. The third-order valence-corrected chi connectivity index (χ3v) is 3.65. The number of benzene rings is 2. The van der Waals surface area contributed by atoms with Crippen molar-refractivity contribution in [3.05, 3.63) is 59.2 Å². The first-order chi connectivity index (χ1) is 12.3. The van der Waals surface area contributed by atoms with Gasteiger partial charge in [-0.1, -0.05) is 24.3 Å². The summed E-state index contributed by atoms with van der Waals surface area (Å²) in [4.78, 5) is 23.1. The van der Waals surface area contributed by atoms with E-state index in [-0.39, 0.29) is 18.4 Å². The molecule has 0 aromatic heterocycles. The number of hydrazone groups is 1. The molecular weight excluding hydrogens is 330 g/mol. The first-order valence-corrected chi connectivity index (χ1v) is 8.26. The number of amides is 2. The number of hydrogen-bond donors (Lipinski definition) is 2. The minimum atomic E-state index is -0.344. The highest BCUT2D eigenvalue weighted by Crippen LogP contribution is 2.18. The molecule has 2 aromatic rings. The number of carbonyl (C=O) groups is 2. The second-order valence-electron chi connectivity index (χ2n) is 6.05. The average Bonchev–Trinajstić information content (AvgIpc) is 2.60. The fourth-order valence-corrected chi connectivity index (χ4v) is 2.27. The summed E-state index contributed by atoms with van der Waals surface area (Å²) in [7, 11) is 0. The molecule has 0 saturated carbocycles. The third-order valence-electron chi connectivity index (χ3n) is 3.65. The van der Waals surface area contributed by atoms with Crippen LogP contribution < -0.4 is 15.5 Å². The minimum Gasteiger partial charge on any atom is -0.483 e. The molecule has 0 fully saturated rings. The van der Waals surface area contributed by atoms with E-state index in [4.69, 9.17) is 4.74 Å². The average molecular weight is 353 g/mol. The Hall–Kier alpha value is -3.15. The monoisotopic (exact) mass is 353 g/mol. The van der Waals surface area contributed by atoms with Crippen molar-refractivity contribution in [1.82, 2.24) is 5.43 Å². The van der Waals surface area contributed by atoms with Crippen LogP contribution in [0.1, 0.15) is 30.5 Å². The molecule has 136 valence electrons. The van der Waals surface area contributed by atoms with E-state index in [9.17, 15) is 9.59 Å². The molecular formula is C20H23N3O3. The number of ether oxygens (including phenoxy) is 1. The molecule has 0 radical (unpaired) electrons. The predicted molar refractivity (Wildman–Crippen MR) is 103 cm³/mol. The molecule has 2 rings (SSSR count). The fourth-order valence-electron chi connectivity index (χ4n) is 2.27. The van der Waals surface area contributed by atoms with Crippen molar-refractivity contribution >= 4 is 23.2 Å². The van der Waals surface area contributed by atoms with Gasteiger partial charge in [0.25, 0.3) is 5.91 Å². The largest absolute Gasteiger partial charge is 0.483 e. The number of nitrogens with one attached hydrogen (secondary N) is 2. The standard InChI is InChI=1S/C20H23N3O3/c1-13-8-9-14(2)19(10-13)26-12-20(25)23-22-15(3)17-6-5-7-18(11-17)21-16(4)24/h5-11H,12H2,1-4H3,(H,21,24)(H,23,25)/b22-15-. The van der Waals surface area contributed by atoms with Crippen molar-refractivity contribution in [1.29, 1.82) is 0 Å². The summed E-state index contributed by atoms with van der Waals surface area (Å²) in [5.41, 5.74) is 6.62. The predicted octanol–water partition coefficient (Wildman–Crippen LogP) is 3.18. The maximum absolute atomic E-state index is 12.0. The molecule has 0 saturated heterocycles. The van der Waals surface area contributed by atoms with Crippen LogP contribution in [0.5, 0.6) is 5.75 Å². The fraction of sp³-hybridized carbons (Fsp3) is 0.250. The Kier molecular flexibility index (Phi) is 6.49. The molecule has 0 heterocycles. The number of carbonyl (C=O) groups excluding carboxylic acids is 2. The van der Waals surface area contributed by atoms with Gasteiger partial charge in [-0.2, -0.15) is 5.10 Å². The van der Waals surface area contributed by atoms with E-state index in [1.165, 1.54) is 6.92 Å². The molecule has 0 aliphatic carbocycles. The summed E-state index contributed by atoms with van der Waals surface area (Å²) < 4.78 is 5.55. The zero-order chi connectivity index (χ0) is 19.1. The maximum Gasteiger partial charge on any atom is 0.277 e. The van der Waals surface area contributed by atoms with E-state index >= 15 is 0 Å². The van der Waals surface area contributed by atoms with E-state index in [0.717, 1.165) is 16.7 Å². The van der Waals surface area contributed by atoms with E-state index < -0.39 is 0 Å². The van der Waals surface area contributed by atoms with Crippen molar-refractivity contribution in [2.24, 2.45) is 5.10 Å². The highest BCUT2D eigenvalue weighted by molar-refractivity contribution is 6.00. The van der Waals surface area contributed by atoms with Crippen LogP contribution in [-0.4, -0.2) is 24.1 Å². The van der Waals surface area contributed by atoms with Crippen molar-refractivity contribution < 1.29 is 14.3 Å². The van der Waals surface area contributed by atoms with Crippen molar-refractivity contribution in [3.8, 4) is 5.75 Å². The van der Waals surface area contributed by atoms with Gasteiger partial charge in [-0.25, -0.2) is 5.43 Å². The maximum atomic E-state index is 12.0. The quantitative estimate of drug-likeness (QED) is 0.618. The normalized spacial score (nSPS) is 11.0. The molecule has 0 unspecified atom stereocenters. The van der Waals surface area contributed by atoms with Crippen LogP contribution >= 0.6 is 0 Å². The second-order valence-corrected chi connectivity index (χ2v) is 6.05. The first-order valence-electron chi connectivity index (χ1n) is 8.26. The lowest BCUT2D eigenvalue weighted by Crippen LogP contribution is -2.25. The number of rotatable bonds is 6. The van der Waals surface area contributed by atoms with Crippen LogP contribution in [0.25, 0.3) is 0 Å². The molecule has 6 heteroatoms. The van der Waals surface area contributed by atoms with Gasteiger partial charge in [-0.3, -0.25) is 9.59 Å². The summed E-state index contributed by atoms with van der Waals surface area (Å²) in [5.74, 6) is 0.195. The minimum absolute atomic E-state index is 0.118. The lowest BCUT2D eigenvalue weighted by atomic mass is 10.1. The van der Waals surface area contributed by atoms with Crippen molar-refractivity contribution in [2.75, 3.05) is 11.9 Å². The van der Waals surface area contributed by atoms with Gasteiger partial charge in [0.15, 0.2) is 6.61 Å². The molecule has 0 aliphatic heterocycles. The van der Waals surface area contributed by atoms with Gasteiger partial charge in [0.2, 0.25) is 5.91 Å². The SMILES string of the molecule is CC(=O)Nc1cccc(/C(C)=N\NC(=O)COc2cc(C)ccc2C)c1. The van der Waals surface area contributed by atoms with Gasteiger partial charge >= 0.3 is 0 Å². The van der Waals surface area contributed by atoms with Crippen LogP contribution in [0.4, 0.5) is 5.69 Å². The summed E-state index contributed by atoms with van der Waals surface area (Å²) >= 11 is 0. The topological polar surface area (TPSA) is 79.8 Å². The zero-order valence-electron chi connectivity index (χ0n) is 15.4. The van der Waals surface area contributed by atoms with Gasteiger partial charge in [0.1, 0.15) is 5.75 Å². The Balaban J connectivity index is 1.94. The van der Waals surface area contributed by atoms with Gasteiger partial charge < -0.3 is 10.1 Å². The van der Waals surface area contributed by atoms with E-state index in [1.54, 1.807) is 19.1 Å². The zero-order valence-corrected chi connectivity index (χ0v) is 15.4. The lowest BCUT2D eigenvalue weighted by Gasteiger charge is -2.09. The molecule has 26 heavy (non-hydrogen) atoms. The summed E-state index contributed by atoms with van der Waals surface area (Å²) in [6.45, 7) is 7.00. The Labute approximate surface area is 153 Å². The van der Waals surface area contributed by atoms with Crippen LogP contribution in [0.3, 0.4) is 0 Å². The van der Waals surface area contributed by atoms with Crippen LogP contribution in [0.15, 0.2) is 47.6 Å². The van der Waals surface area contributed by atoms with Gasteiger partial charge in [-0.05, 0) is 55.7 Å². The Morgan fingerprint density at radius 2 is 1.85 bits per heavy atom. The molecule has 0 aliphatic rings. The van der Waals surface area contributed by atoms with Gasteiger partial charge in [-0.15, -0.1) is 0 Å². The van der Waals surface area contributed by atoms with E-state index in [1.807, 2.05) is 44.2 Å². The number of aryl methyl sites for hydroxylation is 2. The first kappa shape index (κ1) is 19.2. The number of anilines is 1. The van der Waals surface area contributed by atoms with Crippen LogP contribution in [-0.2, 0) is 9.59 Å². The summed E-state index contributed by atoms with van der Waals surface area (Å²) in [6, 6.07) is 13.1. The molecule has 2 amide bonds. The molecule has 0 spiro atoms. The molecule has 6 nitrogen and oxygen atoms in total. The Bertz CT molecular complexity index is 844. The lowest BCUT2D eigenvalue weighted by molar-refractivity contribution is -0.123. The second kappa shape index (κ2) is 8.80. The highest BCUT2D eigenvalue weighted by atomic mass is 16.5. The van der Waals surface area contributed by atoms with Gasteiger partial charge in [0.05, 0.1) is 5.71 Å². The van der Waals surface area contributed by atoms with E-state index in [0.29, 0.717) is 17.1 Å². The Morgan fingerprint density at radius 1 is 1.08 bits per heavy atom. The van der Waals surface area contributed by atoms with Crippen molar-refractivity contribution in [2.45, 2.75) is 27.7 Å². The number of hydrogen-bond acceptors (Lipinski definition) is 4. The molecule has 0 bridgehead atoms. The third kappa shape index (κ3) is 5.73. The van der Waals surface area contributed by atoms with Crippen LogP contribution in [0, 0.1) is 13.8 Å². The smallest absolute Gasteiger partial charge is 0.277 e. The molecule has 0 atom stereocenters. The highest BCUT2D eigenvalue weighted by Gasteiger charge is 2.06. The van der Waals surface area contributed by atoms with E-state index in [2.05, 4.69) is 15.8 Å². The van der Waals surface area contributed by atoms with Crippen molar-refractivity contribution in [3.63, 3.8) is 0 Å². The Morgan fingerprint density at radius 3 is 2.58 bits per heavy atom. The van der Waals surface area contributed by atoms with Crippen LogP contribution in [0.2, 0.25) is 0 Å². The van der Waals surface area contributed by atoms with Gasteiger partial charge in [0, 0.05) is 12.6 Å².